The molecule has 1 aliphatic carbocycles. The maximum absolute atomic E-state index is 14.0. The third kappa shape index (κ3) is 4.50. The molecule has 3 heterocycles. The monoisotopic (exact) mass is 555 g/mol. The molecular weight excluding hydrogens is 534 g/mol. The lowest BCUT2D eigenvalue weighted by atomic mass is 9.66. The smallest absolute Gasteiger partial charge is 0.292 e. The van der Waals surface area contributed by atoms with Crippen molar-refractivity contribution in [1.82, 2.24) is 14.1 Å². The summed E-state index contributed by atoms with van der Waals surface area (Å²) in [5, 5.41) is 6.43. The fraction of sp³-hybridized carbons (Fsp3) is 0.214. The van der Waals surface area contributed by atoms with Crippen LogP contribution in [-0.2, 0) is 12.6 Å². The van der Waals surface area contributed by atoms with Crippen LogP contribution < -0.4 is 0 Å². The largest absolute Gasteiger partial charge is 0.416 e. The van der Waals surface area contributed by atoms with E-state index in [1.807, 2.05) is 23.6 Å². The molecule has 2 aromatic carbocycles. The van der Waals surface area contributed by atoms with Gasteiger partial charge in [-0.05, 0) is 96.4 Å². The number of benzene rings is 2. The lowest BCUT2D eigenvalue weighted by molar-refractivity contribution is -0.137. The quantitative estimate of drug-likeness (QED) is 0.147. The number of aromatic nitrogens is 2. The summed E-state index contributed by atoms with van der Waals surface area (Å²) in [5.41, 5.74) is 2.04. The van der Waals surface area contributed by atoms with E-state index in [4.69, 9.17) is 0 Å². The molecule has 0 N–H and O–H groups in total. The van der Waals surface area contributed by atoms with Crippen LogP contribution in [0.3, 0.4) is 0 Å². The second-order valence-corrected chi connectivity index (χ2v) is 11.5. The Morgan fingerprint density at radius 2 is 1.82 bits per heavy atom. The maximum Gasteiger partial charge on any atom is 0.416 e. The van der Waals surface area contributed by atoms with Gasteiger partial charge >= 0.3 is 6.18 Å². The van der Waals surface area contributed by atoms with Gasteiger partial charge in [0.1, 0.15) is 5.82 Å². The van der Waals surface area contributed by atoms with Gasteiger partial charge in [-0.2, -0.15) is 18.3 Å². The molecular formula is C28H21F4N3OS2. The van der Waals surface area contributed by atoms with Gasteiger partial charge in [0, 0.05) is 18.0 Å². The molecule has 0 bridgehead atoms. The molecule has 4 nitrogen and oxygen atoms in total. The van der Waals surface area contributed by atoms with Crippen LogP contribution in [0.1, 0.15) is 32.9 Å². The standard InChI is InChI=1S/C28H21F4N3OS2/c29-21-5-7-22(8-6-21)35-24-14-20-11-12-34(38-23-9-3-19(4-10-23)28(30,31)32)17-27(20,15-18(24)16-33-35)26(36)25-2-1-13-37-25/h1-10,13-14,16H,11-12,15,17H2. The van der Waals surface area contributed by atoms with Crippen molar-refractivity contribution < 1.29 is 22.4 Å². The van der Waals surface area contributed by atoms with Gasteiger partial charge < -0.3 is 0 Å². The average molecular weight is 556 g/mol. The van der Waals surface area contributed by atoms with E-state index in [1.54, 1.807) is 23.0 Å². The van der Waals surface area contributed by atoms with Crippen LogP contribution in [0.4, 0.5) is 17.6 Å². The summed E-state index contributed by atoms with van der Waals surface area (Å²) in [6.07, 6.45) is 0.497. The van der Waals surface area contributed by atoms with Crippen molar-refractivity contribution >= 4 is 35.1 Å². The van der Waals surface area contributed by atoms with E-state index < -0.39 is 17.2 Å². The summed E-state index contributed by atoms with van der Waals surface area (Å²) in [6.45, 7) is 1.05. The van der Waals surface area contributed by atoms with E-state index in [9.17, 15) is 22.4 Å². The number of halogens is 4. The van der Waals surface area contributed by atoms with Gasteiger partial charge in [-0.3, -0.25) is 4.79 Å². The van der Waals surface area contributed by atoms with Gasteiger partial charge in [0.2, 0.25) is 0 Å². The molecule has 4 aromatic rings. The number of Topliss-reactive ketones (excluding diaryl/α,β-unsaturated/α-hetero) is 1. The van der Waals surface area contributed by atoms with Crippen LogP contribution in [0, 0.1) is 11.2 Å². The first kappa shape index (κ1) is 25.1. The van der Waals surface area contributed by atoms with Crippen LogP contribution in [-0.4, -0.2) is 33.0 Å². The first-order valence-electron chi connectivity index (χ1n) is 12.0. The van der Waals surface area contributed by atoms with Crippen molar-refractivity contribution in [2.24, 2.45) is 5.41 Å². The molecule has 0 spiro atoms. The fourth-order valence-corrected chi connectivity index (χ4v) is 6.97. The van der Waals surface area contributed by atoms with E-state index in [0.29, 0.717) is 35.7 Å². The number of nitrogens with zero attached hydrogens (tertiary/aromatic N) is 3. The molecule has 194 valence electrons. The number of thiophene rings is 1. The van der Waals surface area contributed by atoms with Crippen LogP contribution in [0.15, 0.2) is 82.7 Å². The Bertz CT molecular complexity index is 1510. The first-order chi connectivity index (χ1) is 18.2. The Balaban J connectivity index is 1.34. The lowest BCUT2D eigenvalue weighted by Gasteiger charge is -2.44. The highest BCUT2D eigenvalue weighted by Crippen LogP contribution is 2.48. The minimum absolute atomic E-state index is 0.0386. The zero-order valence-corrected chi connectivity index (χ0v) is 21.5. The number of ketones is 1. The van der Waals surface area contributed by atoms with Gasteiger partial charge in [-0.1, -0.05) is 11.6 Å². The van der Waals surface area contributed by atoms with Gasteiger partial charge in [-0.25, -0.2) is 13.4 Å². The summed E-state index contributed by atoms with van der Waals surface area (Å²) in [7, 11) is 0. The molecule has 2 aromatic heterocycles. The molecule has 1 atom stereocenters. The number of alkyl halides is 3. The Kier molecular flexibility index (Phi) is 6.28. The van der Waals surface area contributed by atoms with E-state index in [1.165, 1.54) is 47.6 Å². The maximum atomic E-state index is 14.0. The molecule has 0 radical (unpaired) electrons. The molecule has 2 aliphatic rings. The fourth-order valence-electron chi connectivity index (χ4n) is 5.18. The molecule has 1 fully saturated rings. The van der Waals surface area contributed by atoms with Crippen molar-refractivity contribution in [2.45, 2.75) is 23.9 Å². The van der Waals surface area contributed by atoms with E-state index >= 15 is 0 Å². The summed E-state index contributed by atoms with van der Waals surface area (Å²) >= 11 is 2.78. The summed E-state index contributed by atoms with van der Waals surface area (Å²) in [5.74, 6) is -0.289. The van der Waals surface area contributed by atoms with Gasteiger partial charge in [0.05, 0.1) is 33.4 Å². The third-order valence-corrected chi connectivity index (χ3v) is 8.97. The van der Waals surface area contributed by atoms with Crippen LogP contribution in [0.5, 0.6) is 0 Å². The number of carbonyl (C=O) groups excluding carboxylic acids is 1. The SMILES string of the molecule is O=C(c1cccs1)C12Cc3cnn(-c4ccc(F)cc4)c3C=C1CCN(Sc1ccc(C(F)(F)F)cc1)C2. The van der Waals surface area contributed by atoms with Crippen LogP contribution >= 0.6 is 23.3 Å². The first-order valence-corrected chi connectivity index (χ1v) is 13.6. The highest BCUT2D eigenvalue weighted by molar-refractivity contribution is 7.97. The molecule has 0 saturated carbocycles. The molecule has 1 unspecified atom stereocenters. The zero-order chi connectivity index (χ0) is 26.5. The van der Waals surface area contributed by atoms with Crippen molar-refractivity contribution in [3.8, 4) is 5.69 Å². The second-order valence-electron chi connectivity index (χ2n) is 9.41. The topological polar surface area (TPSA) is 38.1 Å². The molecule has 0 amide bonds. The highest BCUT2D eigenvalue weighted by Gasteiger charge is 2.49. The van der Waals surface area contributed by atoms with Gasteiger partial charge in [0.25, 0.3) is 0 Å². The van der Waals surface area contributed by atoms with E-state index in [0.717, 1.165) is 34.7 Å². The highest BCUT2D eigenvalue weighted by atomic mass is 32.2. The van der Waals surface area contributed by atoms with Crippen molar-refractivity contribution in [2.75, 3.05) is 13.1 Å². The van der Waals surface area contributed by atoms with E-state index in [2.05, 4.69) is 9.40 Å². The minimum atomic E-state index is -4.39. The zero-order valence-electron chi connectivity index (χ0n) is 19.9. The Labute approximate surface area is 224 Å². The second kappa shape index (κ2) is 9.52. The van der Waals surface area contributed by atoms with Crippen LogP contribution in [0.25, 0.3) is 11.8 Å². The molecule has 38 heavy (non-hydrogen) atoms. The van der Waals surface area contributed by atoms with Crippen LogP contribution in [0.2, 0.25) is 0 Å². The number of hydrogen-bond donors (Lipinski definition) is 0. The van der Waals surface area contributed by atoms with Crippen molar-refractivity contribution in [3.05, 3.63) is 105 Å². The molecule has 1 aliphatic heterocycles. The predicted molar refractivity (Wildman–Crippen MR) is 140 cm³/mol. The number of carbonyl (C=O) groups is 1. The lowest BCUT2D eigenvalue weighted by Crippen LogP contribution is -2.49. The van der Waals surface area contributed by atoms with Crippen molar-refractivity contribution in [3.63, 3.8) is 0 Å². The summed E-state index contributed by atoms with van der Waals surface area (Å²) < 4.78 is 56.3. The minimum Gasteiger partial charge on any atom is -0.292 e. The third-order valence-electron chi connectivity index (χ3n) is 7.05. The Morgan fingerprint density at radius 1 is 1.05 bits per heavy atom. The summed E-state index contributed by atoms with van der Waals surface area (Å²) in [4.78, 5) is 15.4. The normalized spacial score (nSPS) is 19.5. The number of fused-ring (bicyclic) bond motifs is 2. The average Bonchev–Trinajstić information content (AvgIpc) is 3.57. The number of hydrogen-bond acceptors (Lipinski definition) is 5. The number of piperidine rings is 1. The van der Waals surface area contributed by atoms with Gasteiger partial charge in [0.15, 0.2) is 5.78 Å². The Morgan fingerprint density at radius 3 is 2.50 bits per heavy atom. The molecule has 1 saturated heterocycles. The van der Waals surface area contributed by atoms with E-state index in [-0.39, 0.29) is 11.6 Å². The predicted octanol–water partition coefficient (Wildman–Crippen LogP) is 7.31. The van der Waals surface area contributed by atoms with Crippen molar-refractivity contribution in [1.29, 1.82) is 0 Å². The number of rotatable bonds is 5. The summed E-state index contributed by atoms with van der Waals surface area (Å²) in [6, 6.07) is 14.9. The Hall–Kier alpha value is -3.21. The van der Waals surface area contributed by atoms with Gasteiger partial charge in [-0.15, -0.1) is 11.3 Å². The molecule has 6 rings (SSSR count). The molecule has 10 heteroatoms.